The minimum atomic E-state index is -4.29. The summed E-state index contributed by atoms with van der Waals surface area (Å²) in [5, 5.41) is 0. The fraction of sp³-hybridized carbons (Fsp3) is 0.804. The molecule has 0 fully saturated rings. The number of hydrogen-bond donors (Lipinski definition) is 1. The van der Waals surface area contributed by atoms with E-state index in [9.17, 15) is 14.3 Å². The number of carbonyl (C=O) groups is 1. The molecule has 1 N–H and O–H groups in total. The first-order valence-corrected chi connectivity index (χ1v) is 28.5. The number of allylic oxidation sites excluding steroid dienone is 10. The number of phosphoric ester groups is 1. The molecule has 0 amide bonds. The fourth-order valence-corrected chi connectivity index (χ4v) is 8.10. The molecule has 0 saturated heterocycles. The van der Waals surface area contributed by atoms with Crippen LogP contribution in [0.3, 0.4) is 0 Å². The number of rotatable bonds is 50. The zero-order valence-corrected chi connectivity index (χ0v) is 44.1. The second-order valence-corrected chi connectivity index (χ2v) is 20.7. The van der Waals surface area contributed by atoms with Crippen LogP contribution >= 0.6 is 7.82 Å². The number of likely N-dealkylation sites (N-methyl/N-ethyl adjacent to an activating group) is 1. The molecule has 9 heteroatoms. The molecule has 0 aliphatic rings. The molecule has 0 aromatic carbocycles. The lowest BCUT2D eigenvalue weighted by Gasteiger charge is -2.24. The molecular weight excluding hydrogens is 830 g/mol. The summed E-state index contributed by atoms with van der Waals surface area (Å²) in [6.07, 6.45) is 62.7. The highest BCUT2D eigenvalue weighted by atomic mass is 31.2. The van der Waals surface area contributed by atoms with Gasteiger partial charge in [-0.25, -0.2) is 4.57 Å². The molecule has 0 radical (unpaired) electrons. The van der Waals surface area contributed by atoms with E-state index in [0.717, 1.165) is 57.8 Å². The number of ether oxygens (including phenoxy) is 2. The number of hydrogen-bond acceptors (Lipinski definition) is 6. The van der Waals surface area contributed by atoms with E-state index in [2.05, 4.69) is 74.6 Å². The summed E-state index contributed by atoms with van der Waals surface area (Å²) in [5.74, 6) is -0.321. The molecule has 2 unspecified atom stereocenters. The van der Waals surface area contributed by atoms with Gasteiger partial charge in [-0.2, -0.15) is 0 Å². The smallest absolute Gasteiger partial charge is 0.457 e. The third kappa shape index (κ3) is 53.0. The van der Waals surface area contributed by atoms with Crippen molar-refractivity contribution in [1.29, 1.82) is 0 Å². The molecule has 380 valence electrons. The van der Waals surface area contributed by atoms with Crippen molar-refractivity contribution in [3.05, 3.63) is 60.8 Å². The molecular formula is C56H105NO7P+. The van der Waals surface area contributed by atoms with Crippen LogP contribution < -0.4 is 0 Å². The van der Waals surface area contributed by atoms with Crippen molar-refractivity contribution in [3.63, 3.8) is 0 Å². The Kier molecular flexibility index (Phi) is 47.3. The van der Waals surface area contributed by atoms with Crippen molar-refractivity contribution >= 4 is 13.8 Å². The van der Waals surface area contributed by atoms with Gasteiger partial charge in [-0.05, 0) is 83.5 Å². The molecule has 0 spiro atoms. The van der Waals surface area contributed by atoms with Crippen LogP contribution in [0.4, 0.5) is 0 Å². The Hall–Kier alpha value is -1.80. The zero-order chi connectivity index (χ0) is 47.6. The first-order valence-electron chi connectivity index (χ1n) is 27.0. The van der Waals surface area contributed by atoms with Gasteiger partial charge in [-0.3, -0.25) is 13.8 Å². The predicted molar refractivity (Wildman–Crippen MR) is 279 cm³/mol. The Balaban J connectivity index is 4.16. The van der Waals surface area contributed by atoms with Crippen molar-refractivity contribution in [2.45, 2.75) is 238 Å². The van der Waals surface area contributed by atoms with E-state index in [1.54, 1.807) is 0 Å². The summed E-state index contributed by atoms with van der Waals surface area (Å²) in [6, 6.07) is 0. The van der Waals surface area contributed by atoms with Crippen LogP contribution in [-0.4, -0.2) is 75.6 Å². The maximum atomic E-state index is 12.8. The molecule has 0 rings (SSSR count). The highest BCUT2D eigenvalue weighted by Crippen LogP contribution is 2.43. The van der Waals surface area contributed by atoms with Gasteiger partial charge in [0.05, 0.1) is 34.4 Å². The van der Waals surface area contributed by atoms with Crippen LogP contribution in [0.15, 0.2) is 60.8 Å². The van der Waals surface area contributed by atoms with Crippen molar-refractivity contribution in [2.75, 3.05) is 54.1 Å². The minimum absolute atomic E-state index is 0.0835. The third-order valence-corrected chi connectivity index (χ3v) is 12.5. The van der Waals surface area contributed by atoms with Gasteiger partial charge in [0.1, 0.15) is 19.3 Å². The molecule has 8 nitrogen and oxygen atoms in total. The van der Waals surface area contributed by atoms with E-state index >= 15 is 0 Å². The number of nitrogens with zero attached hydrogens (tertiary/aromatic N) is 1. The Morgan fingerprint density at radius 2 is 0.846 bits per heavy atom. The monoisotopic (exact) mass is 935 g/mol. The van der Waals surface area contributed by atoms with Crippen LogP contribution in [0, 0.1) is 0 Å². The number of quaternary nitrogens is 1. The van der Waals surface area contributed by atoms with Gasteiger partial charge in [0.15, 0.2) is 0 Å². The lowest BCUT2D eigenvalue weighted by molar-refractivity contribution is -0.870. The number of unbranched alkanes of at least 4 members (excludes halogenated alkanes) is 26. The molecule has 2 atom stereocenters. The molecule has 0 aromatic heterocycles. The van der Waals surface area contributed by atoms with Crippen molar-refractivity contribution in [1.82, 2.24) is 0 Å². The standard InChI is InChI=1S/C56H104NO7P/c1-6-8-10-12-14-16-18-20-22-24-26-28-30-32-34-36-38-40-42-44-46-48-51-61-53-55(54-63-65(59,60)62-52-50-57(3,4)5)64-56(58)49-47-45-43-41-39-37-35-33-31-29-27-25-23-21-19-17-15-13-11-9-7-2/h18-21,24-27,30,32,55H,6-17,22-23,28-29,31,33-54H2,1-5H3/p+1/b20-18-,21-19-,26-24-,27-25-,32-30-. The lowest BCUT2D eigenvalue weighted by Crippen LogP contribution is -2.37. The van der Waals surface area contributed by atoms with Crippen molar-refractivity contribution in [3.8, 4) is 0 Å². The van der Waals surface area contributed by atoms with Gasteiger partial charge in [0.2, 0.25) is 0 Å². The quantitative estimate of drug-likeness (QED) is 0.0214. The zero-order valence-electron chi connectivity index (χ0n) is 43.2. The highest BCUT2D eigenvalue weighted by molar-refractivity contribution is 7.47. The van der Waals surface area contributed by atoms with Crippen LogP contribution in [0.1, 0.15) is 232 Å². The largest absolute Gasteiger partial charge is 0.472 e. The van der Waals surface area contributed by atoms with Crippen molar-refractivity contribution in [2.24, 2.45) is 0 Å². The molecule has 65 heavy (non-hydrogen) atoms. The lowest BCUT2D eigenvalue weighted by atomic mass is 10.1. The van der Waals surface area contributed by atoms with E-state index < -0.39 is 13.9 Å². The van der Waals surface area contributed by atoms with E-state index in [0.29, 0.717) is 24.1 Å². The van der Waals surface area contributed by atoms with Crippen LogP contribution in [0.2, 0.25) is 0 Å². The minimum Gasteiger partial charge on any atom is -0.457 e. The normalized spacial score (nSPS) is 14.0. The van der Waals surface area contributed by atoms with E-state index in [1.807, 2.05) is 21.1 Å². The SMILES string of the molecule is CCCCCCC/C=C\C/C=C\C/C=C\CCCCCCCCCOCC(COP(=O)(O)OCC[N+](C)(C)C)OC(=O)CCCCCCCCCCC/C=C\C/C=C\CCCCCCC. The van der Waals surface area contributed by atoms with E-state index in [4.69, 9.17) is 18.5 Å². The van der Waals surface area contributed by atoms with Gasteiger partial charge < -0.3 is 18.9 Å². The topological polar surface area (TPSA) is 91.3 Å². The van der Waals surface area contributed by atoms with E-state index in [1.165, 1.54) is 154 Å². The number of esters is 1. The molecule has 0 bridgehead atoms. The Bertz CT molecular complexity index is 1220. The number of carbonyl (C=O) groups excluding carboxylic acids is 1. The molecule has 0 aliphatic carbocycles. The number of phosphoric acid groups is 1. The van der Waals surface area contributed by atoms with Gasteiger partial charge in [-0.15, -0.1) is 0 Å². The summed E-state index contributed by atoms with van der Waals surface area (Å²) in [5.41, 5.74) is 0. The summed E-state index contributed by atoms with van der Waals surface area (Å²) in [4.78, 5) is 23.0. The predicted octanol–water partition coefficient (Wildman–Crippen LogP) is 16.8. The maximum absolute atomic E-state index is 12.8. The van der Waals surface area contributed by atoms with Crippen LogP contribution in [0.5, 0.6) is 0 Å². The summed E-state index contributed by atoms with van der Waals surface area (Å²) < 4.78 is 35.2. The Labute approximate surface area is 402 Å². The Morgan fingerprint density at radius 3 is 1.26 bits per heavy atom. The molecule has 0 aromatic rings. The van der Waals surface area contributed by atoms with Crippen LogP contribution in [0.25, 0.3) is 0 Å². The molecule has 0 saturated carbocycles. The van der Waals surface area contributed by atoms with Crippen molar-refractivity contribution < 1.29 is 37.3 Å². The average molecular weight is 935 g/mol. The van der Waals surface area contributed by atoms with Gasteiger partial charge in [-0.1, -0.05) is 203 Å². The first-order chi connectivity index (χ1) is 31.6. The highest BCUT2D eigenvalue weighted by Gasteiger charge is 2.26. The van der Waals surface area contributed by atoms with Gasteiger partial charge >= 0.3 is 13.8 Å². The third-order valence-electron chi connectivity index (χ3n) is 11.6. The van der Waals surface area contributed by atoms with Gasteiger partial charge in [0, 0.05) is 13.0 Å². The fourth-order valence-electron chi connectivity index (χ4n) is 7.36. The van der Waals surface area contributed by atoms with Gasteiger partial charge in [0.25, 0.3) is 0 Å². The first kappa shape index (κ1) is 63.2. The maximum Gasteiger partial charge on any atom is 0.472 e. The Morgan fingerprint density at radius 1 is 0.477 bits per heavy atom. The summed E-state index contributed by atoms with van der Waals surface area (Å²) in [6.45, 7) is 5.59. The van der Waals surface area contributed by atoms with E-state index in [-0.39, 0.29) is 25.8 Å². The summed E-state index contributed by atoms with van der Waals surface area (Å²) in [7, 11) is 1.66. The van der Waals surface area contributed by atoms with Crippen LogP contribution in [-0.2, 0) is 27.9 Å². The second-order valence-electron chi connectivity index (χ2n) is 19.3. The average Bonchev–Trinajstić information content (AvgIpc) is 3.27. The summed E-state index contributed by atoms with van der Waals surface area (Å²) >= 11 is 0. The molecule has 0 heterocycles. The second kappa shape index (κ2) is 48.6. The molecule has 0 aliphatic heterocycles.